The maximum atomic E-state index is 5.39. The van der Waals surface area contributed by atoms with Crippen LogP contribution in [0.15, 0.2) is 64.4 Å². The van der Waals surface area contributed by atoms with Gasteiger partial charge in [-0.25, -0.2) is 4.98 Å². The first-order valence-corrected chi connectivity index (χ1v) is 8.92. The molecule has 2 aromatic carbocycles. The number of aromatic nitrogens is 1. The SMILES string of the molecule is CN(C)Cc1ccc(/C=N/Nc2ccc(-c3ocnc3I)cc2)cc1. The minimum Gasteiger partial charge on any atom is -0.442 e. The quantitative estimate of drug-likeness (QED) is 0.345. The van der Waals surface area contributed by atoms with Crippen LogP contribution < -0.4 is 5.43 Å². The molecule has 0 saturated carbocycles. The van der Waals surface area contributed by atoms with Gasteiger partial charge in [0.15, 0.2) is 12.2 Å². The molecule has 5 nitrogen and oxygen atoms in total. The van der Waals surface area contributed by atoms with E-state index in [0.29, 0.717) is 0 Å². The number of hydrogen-bond donors (Lipinski definition) is 1. The van der Waals surface area contributed by atoms with E-state index in [4.69, 9.17) is 4.42 Å². The number of rotatable bonds is 6. The van der Waals surface area contributed by atoms with Gasteiger partial charge in [0.2, 0.25) is 0 Å². The molecule has 128 valence electrons. The van der Waals surface area contributed by atoms with Crippen molar-refractivity contribution in [3.8, 4) is 11.3 Å². The lowest BCUT2D eigenvalue weighted by Gasteiger charge is -2.09. The Morgan fingerprint density at radius 3 is 2.44 bits per heavy atom. The van der Waals surface area contributed by atoms with Gasteiger partial charge in [0, 0.05) is 12.1 Å². The average Bonchev–Trinajstić information content (AvgIpc) is 3.03. The zero-order valence-electron chi connectivity index (χ0n) is 14.1. The molecule has 3 rings (SSSR count). The number of halogens is 1. The van der Waals surface area contributed by atoms with Crippen molar-refractivity contribution in [3.05, 3.63) is 69.8 Å². The van der Waals surface area contributed by atoms with Gasteiger partial charge in [-0.3, -0.25) is 5.43 Å². The van der Waals surface area contributed by atoms with E-state index < -0.39 is 0 Å². The molecule has 0 saturated heterocycles. The summed E-state index contributed by atoms with van der Waals surface area (Å²) in [6.45, 7) is 0.937. The molecule has 1 aromatic heterocycles. The van der Waals surface area contributed by atoms with E-state index in [-0.39, 0.29) is 0 Å². The molecule has 6 heteroatoms. The average molecular weight is 446 g/mol. The summed E-state index contributed by atoms with van der Waals surface area (Å²) in [5.74, 6) is 0.786. The van der Waals surface area contributed by atoms with Gasteiger partial charge in [-0.1, -0.05) is 24.3 Å². The van der Waals surface area contributed by atoms with Crippen molar-refractivity contribution >= 4 is 34.5 Å². The van der Waals surface area contributed by atoms with Crippen LogP contribution in [0.2, 0.25) is 0 Å². The molecule has 0 atom stereocenters. The second kappa shape index (κ2) is 8.26. The summed E-state index contributed by atoms with van der Waals surface area (Å²) in [5.41, 5.74) is 7.29. The Hall–Kier alpha value is -2.19. The van der Waals surface area contributed by atoms with Gasteiger partial charge in [0.05, 0.1) is 11.9 Å². The zero-order chi connectivity index (χ0) is 17.6. The molecule has 0 spiro atoms. The predicted octanol–water partition coefficient (Wildman–Crippen LogP) is 4.45. The smallest absolute Gasteiger partial charge is 0.182 e. The first-order valence-electron chi connectivity index (χ1n) is 7.84. The van der Waals surface area contributed by atoms with Crippen LogP contribution in [-0.4, -0.2) is 30.2 Å². The minimum atomic E-state index is 0.786. The van der Waals surface area contributed by atoms with Gasteiger partial charge in [-0.2, -0.15) is 5.10 Å². The highest BCUT2D eigenvalue weighted by atomic mass is 127. The molecule has 0 radical (unpaired) electrons. The predicted molar refractivity (Wildman–Crippen MR) is 110 cm³/mol. The van der Waals surface area contributed by atoms with Crippen LogP contribution in [0, 0.1) is 3.70 Å². The van der Waals surface area contributed by atoms with Crippen molar-refractivity contribution < 1.29 is 4.42 Å². The van der Waals surface area contributed by atoms with E-state index >= 15 is 0 Å². The lowest BCUT2D eigenvalue weighted by molar-refractivity contribution is 0.402. The normalized spacial score (nSPS) is 11.4. The zero-order valence-corrected chi connectivity index (χ0v) is 16.3. The van der Waals surface area contributed by atoms with Crippen molar-refractivity contribution in [2.75, 3.05) is 19.5 Å². The summed E-state index contributed by atoms with van der Waals surface area (Å²) in [5, 5.41) is 4.29. The highest BCUT2D eigenvalue weighted by molar-refractivity contribution is 14.1. The highest BCUT2D eigenvalue weighted by Crippen LogP contribution is 2.25. The van der Waals surface area contributed by atoms with Crippen molar-refractivity contribution in [2.45, 2.75) is 6.54 Å². The number of hydrazone groups is 1. The standard InChI is InChI=1S/C19H19IN4O/c1-24(2)12-15-5-3-14(4-6-15)11-22-23-17-9-7-16(8-10-17)18-19(20)21-13-25-18/h3-11,13,23H,12H2,1-2H3/b22-11+. The van der Waals surface area contributed by atoms with Gasteiger partial charge in [-0.15, -0.1) is 0 Å². The monoisotopic (exact) mass is 446 g/mol. The lowest BCUT2D eigenvalue weighted by atomic mass is 10.1. The largest absolute Gasteiger partial charge is 0.442 e. The summed E-state index contributed by atoms with van der Waals surface area (Å²) in [6, 6.07) is 16.3. The van der Waals surface area contributed by atoms with Crippen LogP contribution in [0.25, 0.3) is 11.3 Å². The Morgan fingerprint density at radius 1 is 1.12 bits per heavy atom. The van der Waals surface area contributed by atoms with Crippen molar-refractivity contribution in [2.24, 2.45) is 5.10 Å². The van der Waals surface area contributed by atoms with Crippen molar-refractivity contribution in [3.63, 3.8) is 0 Å². The summed E-state index contributed by atoms with van der Waals surface area (Å²) >= 11 is 2.16. The summed E-state index contributed by atoms with van der Waals surface area (Å²) in [7, 11) is 4.13. The molecule has 0 fully saturated rings. The van der Waals surface area contributed by atoms with Crippen molar-refractivity contribution in [1.29, 1.82) is 0 Å². The number of anilines is 1. The van der Waals surface area contributed by atoms with E-state index in [0.717, 1.165) is 32.8 Å². The summed E-state index contributed by atoms with van der Waals surface area (Å²) in [4.78, 5) is 6.25. The number of nitrogens with zero attached hydrogens (tertiary/aromatic N) is 3. The third-order valence-corrected chi connectivity index (χ3v) is 4.33. The Morgan fingerprint density at radius 2 is 1.84 bits per heavy atom. The van der Waals surface area contributed by atoms with E-state index in [9.17, 15) is 0 Å². The molecule has 3 aromatic rings. The van der Waals surface area contributed by atoms with Gasteiger partial charge >= 0.3 is 0 Å². The number of oxazole rings is 1. The van der Waals surface area contributed by atoms with Gasteiger partial charge in [0.1, 0.15) is 3.70 Å². The van der Waals surface area contributed by atoms with Gasteiger partial charge in [-0.05, 0) is 72.1 Å². The summed E-state index contributed by atoms with van der Waals surface area (Å²) < 4.78 is 6.25. The van der Waals surface area contributed by atoms with Crippen LogP contribution in [0.5, 0.6) is 0 Å². The lowest BCUT2D eigenvalue weighted by Crippen LogP contribution is -2.10. The maximum Gasteiger partial charge on any atom is 0.182 e. The Balaban J connectivity index is 1.59. The second-order valence-electron chi connectivity index (χ2n) is 5.90. The molecule has 1 N–H and O–H groups in total. The molecule has 1 heterocycles. The second-order valence-corrected chi connectivity index (χ2v) is 6.92. The van der Waals surface area contributed by atoms with Crippen molar-refractivity contribution in [1.82, 2.24) is 9.88 Å². The molecular weight excluding hydrogens is 427 g/mol. The molecule has 0 aliphatic carbocycles. The fourth-order valence-corrected chi connectivity index (χ4v) is 2.92. The first kappa shape index (κ1) is 17.6. The number of benzene rings is 2. The van der Waals surface area contributed by atoms with Crippen LogP contribution in [0.1, 0.15) is 11.1 Å². The van der Waals surface area contributed by atoms with Crippen LogP contribution >= 0.6 is 22.6 Å². The fraction of sp³-hybridized carbons (Fsp3) is 0.158. The maximum absolute atomic E-state index is 5.39. The molecule has 0 unspecified atom stereocenters. The topological polar surface area (TPSA) is 53.7 Å². The fourth-order valence-electron chi connectivity index (χ4n) is 2.37. The Kier molecular flexibility index (Phi) is 5.83. The molecule has 25 heavy (non-hydrogen) atoms. The third kappa shape index (κ3) is 4.90. The molecule has 0 amide bonds. The highest BCUT2D eigenvalue weighted by Gasteiger charge is 2.07. The van der Waals surface area contributed by atoms with E-state index in [1.54, 1.807) is 0 Å². The number of nitrogens with one attached hydrogen (secondary N) is 1. The van der Waals surface area contributed by atoms with Gasteiger partial charge in [0.25, 0.3) is 0 Å². The Labute approximate surface area is 160 Å². The molecule has 0 aliphatic heterocycles. The van der Waals surface area contributed by atoms with Crippen LogP contribution in [0.3, 0.4) is 0 Å². The van der Waals surface area contributed by atoms with Crippen LogP contribution in [0.4, 0.5) is 5.69 Å². The van der Waals surface area contributed by atoms with Gasteiger partial charge < -0.3 is 9.32 Å². The Bertz CT molecular complexity index is 839. The van der Waals surface area contributed by atoms with E-state index in [1.165, 1.54) is 12.0 Å². The minimum absolute atomic E-state index is 0.786. The molecular formula is C19H19IN4O. The number of hydrogen-bond acceptors (Lipinski definition) is 5. The van der Waals surface area contributed by atoms with E-state index in [2.05, 4.69) is 81.4 Å². The summed E-state index contributed by atoms with van der Waals surface area (Å²) in [6.07, 6.45) is 3.27. The molecule has 0 bridgehead atoms. The first-order chi connectivity index (χ1) is 12.1. The molecule has 0 aliphatic rings. The van der Waals surface area contributed by atoms with Crippen LogP contribution in [-0.2, 0) is 6.54 Å². The third-order valence-electron chi connectivity index (χ3n) is 3.56. The van der Waals surface area contributed by atoms with E-state index in [1.807, 2.05) is 30.5 Å².